The van der Waals surface area contributed by atoms with Crippen LogP contribution in [0.25, 0.3) is 0 Å². The summed E-state index contributed by atoms with van der Waals surface area (Å²) in [6, 6.07) is 12.8. The lowest BCUT2D eigenvalue weighted by molar-refractivity contribution is 0.414. The van der Waals surface area contributed by atoms with Crippen molar-refractivity contribution in [2.75, 3.05) is 7.11 Å². The quantitative estimate of drug-likeness (QED) is 0.875. The molecule has 92 valence electrons. The SMILES string of the molecule is COc1ccc2c(c1)C(c1ccc(F)cc1)NC2. The molecule has 1 unspecified atom stereocenters. The Balaban J connectivity index is 2.00. The maximum atomic E-state index is 12.9. The minimum atomic E-state index is -0.206. The van der Waals surface area contributed by atoms with Crippen molar-refractivity contribution in [3.63, 3.8) is 0 Å². The summed E-state index contributed by atoms with van der Waals surface area (Å²) in [5.74, 6) is 0.646. The highest BCUT2D eigenvalue weighted by atomic mass is 19.1. The zero-order valence-electron chi connectivity index (χ0n) is 10.1. The fourth-order valence-electron chi connectivity index (χ4n) is 2.40. The molecule has 1 aliphatic heterocycles. The van der Waals surface area contributed by atoms with Crippen LogP contribution in [0.2, 0.25) is 0 Å². The van der Waals surface area contributed by atoms with E-state index in [1.54, 1.807) is 7.11 Å². The molecule has 0 aliphatic carbocycles. The summed E-state index contributed by atoms with van der Waals surface area (Å²) >= 11 is 0. The molecule has 3 heteroatoms. The molecule has 2 aromatic carbocycles. The van der Waals surface area contributed by atoms with Gasteiger partial charge in [0, 0.05) is 6.54 Å². The van der Waals surface area contributed by atoms with Gasteiger partial charge >= 0.3 is 0 Å². The molecule has 3 rings (SSSR count). The number of benzene rings is 2. The third-order valence-corrected chi connectivity index (χ3v) is 3.36. The Morgan fingerprint density at radius 3 is 2.67 bits per heavy atom. The highest BCUT2D eigenvalue weighted by Gasteiger charge is 2.23. The molecule has 0 bridgehead atoms. The number of rotatable bonds is 2. The van der Waals surface area contributed by atoms with Crippen LogP contribution < -0.4 is 10.1 Å². The van der Waals surface area contributed by atoms with E-state index < -0.39 is 0 Å². The topological polar surface area (TPSA) is 21.3 Å². The second kappa shape index (κ2) is 4.42. The fraction of sp³-hybridized carbons (Fsp3) is 0.200. The summed E-state index contributed by atoms with van der Waals surface area (Å²) in [5, 5.41) is 3.43. The fourth-order valence-corrected chi connectivity index (χ4v) is 2.40. The average Bonchev–Trinajstić information content (AvgIpc) is 2.82. The van der Waals surface area contributed by atoms with Crippen molar-refractivity contribution in [3.05, 3.63) is 65.0 Å². The first kappa shape index (κ1) is 11.2. The predicted octanol–water partition coefficient (Wildman–Crippen LogP) is 3.03. The normalized spacial score (nSPS) is 17.6. The van der Waals surface area contributed by atoms with E-state index in [1.807, 2.05) is 24.3 Å². The van der Waals surface area contributed by atoms with E-state index >= 15 is 0 Å². The highest BCUT2D eigenvalue weighted by molar-refractivity contribution is 5.45. The molecule has 0 fully saturated rings. The third kappa shape index (κ3) is 1.87. The maximum Gasteiger partial charge on any atom is 0.123 e. The van der Waals surface area contributed by atoms with Crippen molar-refractivity contribution in [1.29, 1.82) is 0 Å². The lowest BCUT2D eigenvalue weighted by Crippen LogP contribution is -2.13. The molecule has 2 aromatic rings. The van der Waals surface area contributed by atoms with Crippen molar-refractivity contribution in [3.8, 4) is 5.75 Å². The number of ether oxygens (including phenoxy) is 1. The van der Waals surface area contributed by atoms with Crippen molar-refractivity contribution in [2.45, 2.75) is 12.6 Å². The summed E-state index contributed by atoms with van der Waals surface area (Å²) in [6.45, 7) is 0.835. The Kier molecular flexibility index (Phi) is 2.76. The van der Waals surface area contributed by atoms with E-state index in [2.05, 4.69) is 11.4 Å². The van der Waals surface area contributed by atoms with Gasteiger partial charge < -0.3 is 10.1 Å². The highest BCUT2D eigenvalue weighted by Crippen LogP contribution is 2.33. The van der Waals surface area contributed by atoms with Gasteiger partial charge in [0.05, 0.1) is 13.2 Å². The number of hydrogen-bond donors (Lipinski definition) is 1. The van der Waals surface area contributed by atoms with Crippen LogP contribution >= 0.6 is 0 Å². The zero-order chi connectivity index (χ0) is 12.5. The lowest BCUT2D eigenvalue weighted by Gasteiger charge is -2.13. The smallest absolute Gasteiger partial charge is 0.123 e. The van der Waals surface area contributed by atoms with Crippen LogP contribution in [0, 0.1) is 5.82 Å². The van der Waals surface area contributed by atoms with Crippen LogP contribution in [0.1, 0.15) is 22.7 Å². The number of halogens is 1. The molecule has 0 spiro atoms. The molecule has 0 radical (unpaired) electrons. The second-order valence-electron chi connectivity index (χ2n) is 4.43. The monoisotopic (exact) mass is 243 g/mol. The van der Waals surface area contributed by atoms with Gasteiger partial charge in [-0.2, -0.15) is 0 Å². The first-order valence-electron chi connectivity index (χ1n) is 5.93. The van der Waals surface area contributed by atoms with Crippen molar-refractivity contribution < 1.29 is 9.13 Å². The molecule has 2 nitrogen and oxygen atoms in total. The third-order valence-electron chi connectivity index (χ3n) is 3.36. The molecule has 0 amide bonds. The van der Waals surface area contributed by atoms with Gasteiger partial charge in [0.15, 0.2) is 0 Å². The molecule has 1 heterocycles. The average molecular weight is 243 g/mol. The second-order valence-corrected chi connectivity index (χ2v) is 4.43. The van der Waals surface area contributed by atoms with Crippen LogP contribution in [-0.2, 0) is 6.54 Å². The van der Waals surface area contributed by atoms with E-state index in [4.69, 9.17) is 4.74 Å². The molecular formula is C15H14FNO. The molecule has 0 saturated carbocycles. The van der Waals surface area contributed by atoms with Gasteiger partial charge in [-0.1, -0.05) is 18.2 Å². The van der Waals surface area contributed by atoms with Crippen LogP contribution in [0.5, 0.6) is 5.75 Å². The van der Waals surface area contributed by atoms with Gasteiger partial charge in [0.1, 0.15) is 11.6 Å². The molecule has 1 atom stereocenters. The summed E-state index contributed by atoms with van der Waals surface area (Å²) < 4.78 is 18.2. The largest absolute Gasteiger partial charge is 0.497 e. The van der Waals surface area contributed by atoms with Gasteiger partial charge in [-0.3, -0.25) is 0 Å². The van der Waals surface area contributed by atoms with E-state index in [1.165, 1.54) is 23.3 Å². The number of methoxy groups -OCH3 is 1. The lowest BCUT2D eigenvalue weighted by atomic mass is 9.98. The molecule has 0 aromatic heterocycles. The molecule has 1 aliphatic rings. The van der Waals surface area contributed by atoms with Gasteiger partial charge in [-0.25, -0.2) is 4.39 Å². The Hall–Kier alpha value is -1.87. The van der Waals surface area contributed by atoms with Gasteiger partial charge in [-0.15, -0.1) is 0 Å². The van der Waals surface area contributed by atoms with Crippen LogP contribution in [-0.4, -0.2) is 7.11 Å². The number of nitrogens with one attached hydrogen (secondary N) is 1. The van der Waals surface area contributed by atoms with Crippen molar-refractivity contribution in [2.24, 2.45) is 0 Å². The van der Waals surface area contributed by atoms with E-state index in [9.17, 15) is 4.39 Å². The zero-order valence-corrected chi connectivity index (χ0v) is 10.1. The van der Waals surface area contributed by atoms with Gasteiger partial charge in [0.25, 0.3) is 0 Å². The van der Waals surface area contributed by atoms with Crippen LogP contribution in [0.4, 0.5) is 4.39 Å². The summed E-state index contributed by atoms with van der Waals surface area (Å²) in [6.07, 6.45) is 0. The minimum Gasteiger partial charge on any atom is -0.497 e. The standard InChI is InChI=1S/C15H14FNO/c1-18-13-7-4-11-9-17-15(14(11)8-13)10-2-5-12(16)6-3-10/h2-8,15,17H,9H2,1H3. The summed E-state index contributed by atoms with van der Waals surface area (Å²) in [4.78, 5) is 0. The van der Waals surface area contributed by atoms with E-state index in [-0.39, 0.29) is 11.9 Å². The number of fused-ring (bicyclic) bond motifs is 1. The molecule has 0 saturated heterocycles. The van der Waals surface area contributed by atoms with Crippen molar-refractivity contribution >= 4 is 0 Å². The van der Waals surface area contributed by atoms with E-state index in [0.717, 1.165) is 17.9 Å². The Morgan fingerprint density at radius 2 is 1.94 bits per heavy atom. The number of hydrogen-bond acceptors (Lipinski definition) is 2. The van der Waals surface area contributed by atoms with Crippen LogP contribution in [0.15, 0.2) is 42.5 Å². The Labute approximate surface area is 105 Å². The van der Waals surface area contributed by atoms with Gasteiger partial charge in [0.2, 0.25) is 0 Å². The summed E-state index contributed by atoms with van der Waals surface area (Å²) in [7, 11) is 1.66. The van der Waals surface area contributed by atoms with Crippen molar-refractivity contribution in [1.82, 2.24) is 5.32 Å². The molecule has 1 N–H and O–H groups in total. The summed E-state index contributed by atoms with van der Waals surface area (Å²) in [5.41, 5.74) is 3.55. The Morgan fingerprint density at radius 1 is 1.17 bits per heavy atom. The van der Waals surface area contributed by atoms with Gasteiger partial charge in [-0.05, 0) is 41.0 Å². The maximum absolute atomic E-state index is 12.9. The molecular weight excluding hydrogens is 229 g/mol. The minimum absolute atomic E-state index is 0.121. The van der Waals surface area contributed by atoms with Crippen LogP contribution in [0.3, 0.4) is 0 Å². The predicted molar refractivity (Wildman–Crippen MR) is 68.1 cm³/mol. The first-order chi connectivity index (χ1) is 8.78. The molecule has 18 heavy (non-hydrogen) atoms. The first-order valence-corrected chi connectivity index (χ1v) is 5.93. The van der Waals surface area contributed by atoms with E-state index in [0.29, 0.717) is 0 Å². The Bertz CT molecular complexity index is 565.